The molecule has 6 nitrogen and oxygen atoms in total. The van der Waals surface area contributed by atoms with Crippen LogP contribution in [0.5, 0.6) is 0 Å². The van der Waals surface area contributed by atoms with E-state index in [-0.39, 0.29) is 22.4 Å². The van der Waals surface area contributed by atoms with Crippen LogP contribution in [0.15, 0.2) is 84.1 Å². The van der Waals surface area contributed by atoms with Crippen molar-refractivity contribution < 1.29 is 9.72 Å². The van der Waals surface area contributed by atoms with Gasteiger partial charge >= 0.3 is 0 Å². The number of nitrogens with one attached hydrogen (secondary N) is 2. The molecular weight excluding hydrogens is 426 g/mol. The smallest absolute Gasteiger partial charge is 0.288 e. The molecule has 2 atom stereocenters. The summed E-state index contributed by atoms with van der Waals surface area (Å²) in [6.45, 7) is 0. The monoisotopic (exact) mass is 445 g/mol. The van der Waals surface area contributed by atoms with Crippen molar-refractivity contribution >= 4 is 34.4 Å². The topological polar surface area (TPSA) is 84.3 Å². The molecule has 1 aliphatic carbocycles. The first-order valence-corrected chi connectivity index (χ1v) is 10.8. The Kier molecular flexibility index (Phi) is 5.15. The summed E-state index contributed by atoms with van der Waals surface area (Å²) in [4.78, 5) is 24.5. The lowest BCUT2D eigenvalue weighted by Gasteiger charge is -2.30. The quantitative estimate of drug-likeness (QED) is 0.369. The second-order valence-electron chi connectivity index (χ2n) is 8.05. The number of nitro groups is 1. The molecule has 1 heterocycles. The fourth-order valence-electron chi connectivity index (χ4n) is 4.55. The Morgan fingerprint density at radius 2 is 1.62 bits per heavy atom. The summed E-state index contributed by atoms with van der Waals surface area (Å²) in [5.41, 5.74) is 4.72. The minimum atomic E-state index is -0.527. The van der Waals surface area contributed by atoms with Crippen molar-refractivity contribution in [2.24, 2.45) is 0 Å². The van der Waals surface area contributed by atoms with Crippen molar-refractivity contribution in [1.82, 2.24) is 0 Å². The van der Waals surface area contributed by atoms with Gasteiger partial charge in [0.15, 0.2) is 5.78 Å². The molecule has 2 unspecified atom stereocenters. The largest absolute Gasteiger partial charge is 0.372 e. The van der Waals surface area contributed by atoms with Crippen LogP contribution in [0.1, 0.15) is 35.9 Å². The molecule has 0 saturated heterocycles. The highest BCUT2D eigenvalue weighted by molar-refractivity contribution is 6.32. The van der Waals surface area contributed by atoms with E-state index in [0.29, 0.717) is 24.0 Å². The molecule has 2 N–H and O–H groups in total. The molecule has 0 spiro atoms. The van der Waals surface area contributed by atoms with Gasteiger partial charge in [-0.15, -0.1) is 0 Å². The average molecular weight is 446 g/mol. The van der Waals surface area contributed by atoms with Crippen molar-refractivity contribution in [3.63, 3.8) is 0 Å². The van der Waals surface area contributed by atoms with E-state index in [9.17, 15) is 14.9 Å². The van der Waals surface area contributed by atoms with Gasteiger partial charge in [-0.05, 0) is 41.7 Å². The first-order chi connectivity index (χ1) is 15.5. The lowest BCUT2D eigenvalue weighted by Crippen LogP contribution is -2.26. The van der Waals surface area contributed by atoms with Crippen LogP contribution in [0, 0.1) is 10.1 Å². The molecule has 0 bridgehead atoms. The van der Waals surface area contributed by atoms with Gasteiger partial charge < -0.3 is 10.6 Å². The molecule has 3 aromatic carbocycles. The number of halogens is 1. The minimum absolute atomic E-state index is 0.0236. The molecule has 7 heteroatoms. The van der Waals surface area contributed by atoms with Crippen LogP contribution in [0.2, 0.25) is 5.02 Å². The molecule has 0 radical (unpaired) electrons. The zero-order chi connectivity index (χ0) is 22.2. The van der Waals surface area contributed by atoms with Crippen LogP contribution in [-0.4, -0.2) is 10.7 Å². The Morgan fingerprint density at radius 1 is 0.906 bits per heavy atom. The van der Waals surface area contributed by atoms with Crippen LogP contribution >= 0.6 is 11.6 Å². The maximum atomic E-state index is 13.5. The van der Waals surface area contributed by atoms with Crippen LogP contribution in [0.4, 0.5) is 17.1 Å². The van der Waals surface area contributed by atoms with Crippen molar-refractivity contribution in [2.45, 2.75) is 24.8 Å². The van der Waals surface area contributed by atoms with Gasteiger partial charge in [0.25, 0.3) is 5.69 Å². The zero-order valence-electron chi connectivity index (χ0n) is 17.0. The normalized spacial score (nSPS) is 19.8. The third kappa shape index (κ3) is 3.63. The first-order valence-electron chi connectivity index (χ1n) is 10.4. The van der Waals surface area contributed by atoms with E-state index in [1.165, 1.54) is 12.1 Å². The molecule has 0 amide bonds. The molecule has 160 valence electrons. The number of rotatable bonds is 3. The first kappa shape index (κ1) is 20.3. The highest BCUT2D eigenvalue weighted by atomic mass is 35.5. The highest BCUT2D eigenvalue weighted by Crippen LogP contribution is 2.44. The van der Waals surface area contributed by atoms with Gasteiger partial charge in [-0.25, -0.2) is 0 Å². The van der Waals surface area contributed by atoms with Crippen LogP contribution in [0.25, 0.3) is 0 Å². The van der Waals surface area contributed by atoms with E-state index >= 15 is 0 Å². The van der Waals surface area contributed by atoms with Crippen LogP contribution in [-0.2, 0) is 4.79 Å². The number of para-hydroxylation sites is 2. The molecule has 2 aliphatic rings. The van der Waals surface area contributed by atoms with E-state index in [0.717, 1.165) is 22.6 Å². The Balaban J connectivity index is 1.64. The Labute approximate surface area is 190 Å². The summed E-state index contributed by atoms with van der Waals surface area (Å²) in [6.07, 6.45) is 1.06. The van der Waals surface area contributed by atoms with Crippen molar-refractivity contribution in [3.05, 3.63) is 110 Å². The van der Waals surface area contributed by atoms with E-state index in [2.05, 4.69) is 10.6 Å². The van der Waals surface area contributed by atoms with Crippen LogP contribution < -0.4 is 10.6 Å². The number of carbonyl (C=O) groups is 1. The van der Waals surface area contributed by atoms with E-state index < -0.39 is 11.0 Å². The zero-order valence-corrected chi connectivity index (χ0v) is 17.8. The third-order valence-electron chi connectivity index (χ3n) is 6.08. The summed E-state index contributed by atoms with van der Waals surface area (Å²) in [7, 11) is 0. The molecule has 0 fully saturated rings. The molecule has 0 aromatic heterocycles. The second-order valence-corrected chi connectivity index (χ2v) is 8.45. The average Bonchev–Trinajstić information content (AvgIpc) is 2.96. The maximum Gasteiger partial charge on any atom is 0.288 e. The number of nitro benzene ring substituents is 1. The number of nitrogens with zero attached hydrogens (tertiary/aromatic N) is 1. The van der Waals surface area contributed by atoms with E-state index in [1.54, 1.807) is 6.07 Å². The number of ketones is 1. The number of hydrogen-bond donors (Lipinski definition) is 2. The minimum Gasteiger partial charge on any atom is -0.372 e. The molecular formula is C25H20ClN3O3. The number of allylic oxidation sites excluding steroid dienone is 1. The summed E-state index contributed by atoms with van der Waals surface area (Å²) in [5.74, 6) is 0.0935. The van der Waals surface area contributed by atoms with Gasteiger partial charge in [-0.2, -0.15) is 0 Å². The number of anilines is 2. The Bertz CT molecular complexity index is 1260. The van der Waals surface area contributed by atoms with Gasteiger partial charge in [0.05, 0.1) is 22.3 Å². The summed E-state index contributed by atoms with van der Waals surface area (Å²) < 4.78 is 0. The number of fused-ring (bicyclic) bond motifs is 1. The SMILES string of the molecule is O=C1CC(c2ccccc2)CC2=C1C(c1ccc(Cl)c([N+](=O)[O-])c1)Nc1ccccc1N2. The third-order valence-corrected chi connectivity index (χ3v) is 6.40. The van der Waals surface area contributed by atoms with Crippen LogP contribution in [0.3, 0.4) is 0 Å². The van der Waals surface area contributed by atoms with Crippen molar-refractivity contribution in [2.75, 3.05) is 10.6 Å². The fourth-order valence-corrected chi connectivity index (χ4v) is 4.74. The number of carbonyl (C=O) groups excluding carboxylic acids is 1. The molecule has 1 aliphatic heterocycles. The van der Waals surface area contributed by atoms with E-state index in [1.807, 2.05) is 54.6 Å². The second kappa shape index (κ2) is 8.13. The van der Waals surface area contributed by atoms with Crippen molar-refractivity contribution in [1.29, 1.82) is 0 Å². The number of hydrogen-bond acceptors (Lipinski definition) is 5. The van der Waals surface area contributed by atoms with Gasteiger partial charge in [0.1, 0.15) is 5.02 Å². The predicted molar refractivity (Wildman–Crippen MR) is 125 cm³/mol. The Morgan fingerprint density at radius 3 is 2.38 bits per heavy atom. The summed E-state index contributed by atoms with van der Waals surface area (Å²) >= 11 is 6.04. The summed E-state index contributed by atoms with van der Waals surface area (Å²) in [6, 6.07) is 21.9. The fraction of sp³-hybridized carbons (Fsp3) is 0.160. The number of benzene rings is 3. The number of Topliss-reactive ketones (excluding diaryl/α,β-unsaturated/α-hetero) is 1. The Hall–Kier alpha value is -3.64. The van der Waals surface area contributed by atoms with Gasteiger partial charge in [0.2, 0.25) is 0 Å². The van der Waals surface area contributed by atoms with Gasteiger partial charge in [0, 0.05) is 23.8 Å². The highest BCUT2D eigenvalue weighted by Gasteiger charge is 2.36. The lowest BCUT2D eigenvalue weighted by molar-refractivity contribution is -0.384. The predicted octanol–water partition coefficient (Wildman–Crippen LogP) is 6.23. The summed E-state index contributed by atoms with van der Waals surface area (Å²) in [5, 5.41) is 18.5. The lowest BCUT2D eigenvalue weighted by atomic mass is 9.78. The molecule has 0 saturated carbocycles. The van der Waals surface area contributed by atoms with E-state index in [4.69, 9.17) is 11.6 Å². The molecule has 3 aromatic rings. The molecule has 5 rings (SSSR count). The van der Waals surface area contributed by atoms with Crippen molar-refractivity contribution in [3.8, 4) is 0 Å². The van der Waals surface area contributed by atoms with Gasteiger partial charge in [-0.3, -0.25) is 14.9 Å². The molecule has 32 heavy (non-hydrogen) atoms. The van der Waals surface area contributed by atoms with Gasteiger partial charge in [-0.1, -0.05) is 60.1 Å². The standard InChI is InChI=1S/C25H20ClN3O3/c26-18-11-10-16(13-22(18)29(31)32)25-24-21(27-19-8-4-5-9-20(19)28-25)12-17(14-23(24)30)15-6-2-1-3-7-15/h1-11,13,17,25,27-28H,12,14H2. The maximum absolute atomic E-state index is 13.5.